The number of nitrogens with zero attached hydrogens (tertiary/aromatic N) is 2. The second-order valence-electron chi connectivity index (χ2n) is 5.83. The minimum atomic E-state index is -0.277. The molecule has 7 heteroatoms. The van der Waals surface area contributed by atoms with E-state index in [1.165, 1.54) is 5.56 Å². The van der Waals surface area contributed by atoms with Gasteiger partial charge in [-0.1, -0.05) is 42.8 Å². The lowest BCUT2D eigenvalue weighted by Crippen LogP contribution is -2.26. The molecule has 0 radical (unpaired) electrons. The maximum atomic E-state index is 12.4. The standard InChI is InChI=1S/C19H20ClN5O/c1-2-13-5-9-16(10-6-13)22-18-17(23-25-24-18)19(26)21-12-11-14-3-7-15(20)8-4-14/h3-10H,2,11-12H2,1H3,(H,21,26)(H2,22,23,24,25). The van der Waals surface area contributed by atoms with Gasteiger partial charge >= 0.3 is 0 Å². The van der Waals surface area contributed by atoms with Crippen LogP contribution in [0.5, 0.6) is 0 Å². The molecule has 0 spiro atoms. The Hall–Kier alpha value is -2.86. The van der Waals surface area contributed by atoms with Gasteiger partial charge in [-0.2, -0.15) is 5.21 Å². The van der Waals surface area contributed by atoms with Gasteiger partial charge in [-0.3, -0.25) is 4.79 Å². The third-order valence-corrected chi connectivity index (χ3v) is 4.25. The maximum absolute atomic E-state index is 12.4. The Kier molecular flexibility index (Phi) is 5.86. The molecule has 0 aliphatic carbocycles. The highest BCUT2D eigenvalue weighted by Crippen LogP contribution is 2.17. The van der Waals surface area contributed by atoms with Gasteiger partial charge in [0.2, 0.25) is 0 Å². The molecular formula is C19H20ClN5O. The summed E-state index contributed by atoms with van der Waals surface area (Å²) >= 11 is 5.87. The van der Waals surface area contributed by atoms with Gasteiger partial charge in [-0.25, -0.2) is 0 Å². The molecule has 0 bridgehead atoms. The zero-order valence-corrected chi connectivity index (χ0v) is 15.2. The second-order valence-corrected chi connectivity index (χ2v) is 6.27. The van der Waals surface area contributed by atoms with Gasteiger partial charge in [0.1, 0.15) is 0 Å². The highest BCUT2D eigenvalue weighted by atomic mass is 35.5. The van der Waals surface area contributed by atoms with Gasteiger partial charge in [0.05, 0.1) is 0 Å². The minimum absolute atomic E-state index is 0.237. The molecule has 0 aliphatic rings. The van der Waals surface area contributed by atoms with Crippen LogP contribution in [0.2, 0.25) is 5.02 Å². The third kappa shape index (κ3) is 4.61. The van der Waals surface area contributed by atoms with Gasteiger partial charge in [0.25, 0.3) is 5.91 Å². The summed E-state index contributed by atoms with van der Waals surface area (Å²) in [5.41, 5.74) is 3.44. The van der Waals surface area contributed by atoms with E-state index in [1.54, 1.807) is 0 Å². The number of aromatic amines is 1. The Balaban J connectivity index is 1.57. The van der Waals surface area contributed by atoms with Crippen molar-refractivity contribution in [3.05, 3.63) is 70.4 Å². The fourth-order valence-corrected chi connectivity index (χ4v) is 2.62. The summed E-state index contributed by atoms with van der Waals surface area (Å²) in [4.78, 5) is 12.4. The van der Waals surface area contributed by atoms with Crippen LogP contribution in [0.3, 0.4) is 0 Å². The van der Waals surface area contributed by atoms with Crippen LogP contribution in [0.1, 0.15) is 28.5 Å². The summed E-state index contributed by atoms with van der Waals surface area (Å²) < 4.78 is 0. The van der Waals surface area contributed by atoms with Crippen LogP contribution >= 0.6 is 11.6 Å². The molecular weight excluding hydrogens is 350 g/mol. The number of halogens is 1. The molecule has 0 unspecified atom stereocenters. The number of carbonyl (C=O) groups excluding carboxylic acids is 1. The maximum Gasteiger partial charge on any atom is 0.275 e. The molecule has 3 aromatic rings. The molecule has 1 heterocycles. The van der Waals surface area contributed by atoms with Gasteiger partial charge in [-0.05, 0) is 48.2 Å². The number of amides is 1. The summed E-state index contributed by atoms with van der Waals surface area (Å²) in [7, 11) is 0. The molecule has 1 aromatic heterocycles. The van der Waals surface area contributed by atoms with E-state index in [1.807, 2.05) is 48.5 Å². The first-order valence-electron chi connectivity index (χ1n) is 8.45. The third-order valence-electron chi connectivity index (χ3n) is 4.00. The van der Waals surface area contributed by atoms with Gasteiger partial charge < -0.3 is 10.6 Å². The lowest BCUT2D eigenvalue weighted by Gasteiger charge is -2.07. The number of nitrogens with one attached hydrogen (secondary N) is 3. The van der Waals surface area contributed by atoms with Crippen molar-refractivity contribution in [2.24, 2.45) is 0 Å². The van der Waals surface area contributed by atoms with E-state index in [-0.39, 0.29) is 11.6 Å². The molecule has 2 aromatic carbocycles. The second kappa shape index (κ2) is 8.49. The number of rotatable bonds is 7. The molecule has 0 saturated carbocycles. The Morgan fingerprint density at radius 2 is 1.73 bits per heavy atom. The van der Waals surface area contributed by atoms with E-state index in [0.717, 1.165) is 17.7 Å². The highest BCUT2D eigenvalue weighted by Gasteiger charge is 2.16. The molecule has 0 saturated heterocycles. The van der Waals surface area contributed by atoms with E-state index in [9.17, 15) is 4.79 Å². The monoisotopic (exact) mass is 369 g/mol. The summed E-state index contributed by atoms with van der Waals surface area (Å²) in [5, 5.41) is 17.2. The van der Waals surface area contributed by atoms with Crippen molar-refractivity contribution in [1.82, 2.24) is 20.7 Å². The summed E-state index contributed by atoms with van der Waals surface area (Å²) in [6, 6.07) is 15.5. The first-order chi connectivity index (χ1) is 12.7. The van der Waals surface area contributed by atoms with Crippen LogP contribution in [-0.2, 0) is 12.8 Å². The Morgan fingerprint density at radius 1 is 1.04 bits per heavy atom. The van der Waals surface area contributed by atoms with E-state index in [2.05, 4.69) is 33.0 Å². The van der Waals surface area contributed by atoms with Crippen molar-refractivity contribution in [2.45, 2.75) is 19.8 Å². The predicted molar refractivity (Wildman–Crippen MR) is 103 cm³/mol. The van der Waals surface area contributed by atoms with Crippen molar-refractivity contribution in [3.63, 3.8) is 0 Å². The number of carbonyl (C=O) groups is 1. The normalized spacial score (nSPS) is 10.5. The number of H-pyrrole nitrogens is 1. The van der Waals surface area contributed by atoms with Crippen LogP contribution < -0.4 is 10.6 Å². The number of hydrogen-bond donors (Lipinski definition) is 3. The molecule has 3 N–H and O–H groups in total. The highest BCUT2D eigenvalue weighted by molar-refractivity contribution is 6.30. The van der Waals surface area contributed by atoms with Crippen LogP contribution in [0.25, 0.3) is 0 Å². The Morgan fingerprint density at radius 3 is 2.42 bits per heavy atom. The zero-order chi connectivity index (χ0) is 18.4. The Labute approximate surface area is 157 Å². The number of anilines is 2. The molecule has 26 heavy (non-hydrogen) atoms. The smallest absolute Gasteiger partial charge is 0.275 e. The number of aryl methyl sites for hydroxylation is 1. The lowest BCUT2D eigenvalue weighted by atomic mass is 10.1. The summed E-state index contributed by atoms with van der Waals surface area (Å²) in [6.07, 6.45) is 1.69. The van der Waals surface area contributed by atoms with Crippen molar-refractivity contribution < 1.29 is 4.79 Å². The van der Waals surface area contributed by atoms with Crippen LogP contribution in [-0.4, -0.2) is 27.9 Å². The van der Waals surface area contributed by atoms with E-state index in [0.29, 0.717) is 23.8 Å². The Bertz CT molecular complexity index is 858. The quantitative estimate of drug-likeness (QED) is 0.592. The van der Waals surface area contributed by atoms with E-state index in [4.69, 9.17) is 11.6 Å². The van der Waals surface area contributed by atoms with Gasteiger partial charge in [0.15, 0.2) is 11.5 Å². The molecule has 1 amide bonds. The van der Waals surface area contributed by atoms with E-state index >= 15 is 0 Å². The fourth-order valence-electron chi connectivity index (χ4n) is 2.49. The first-order valence-corrected chi connectivity index (χ1v) is 8.83. The zero-order valence-electron chi connectivity index (χ0n) is 14.4. The molecule has 6 nitrogen and oxygen atoms in total. The van der Waals surface area contributed by atoms with Crippen molar-refractivity contribution in [3.8, 4) is 0 Å². The largest absolute Gasteiger partial charge is 0.350 e. The minimum Gasteiger partial charge on any atom is -0.350 e. The van der Waals surface area contributed by atoms with Crippen LogP contribution in [0.15, 0.2) is 48.5 Å². The first kappa shape index (κ1) is 17.9. The predicted octanol–water partition coefficient (Wildman–Crippen LogP) is 3.74. The van der Waals surface area contributed by atoms with Crippen molar-refractivity contribution in [2.75, 3.05) is 11.9 Å². The molecule has 134 valence electrons. The number of aromatic nitrogens is 3. The molecule has 3 rings (SSSR count). The van der Waals surface area contributed by atoms with Crippen molar-refractivity contribution in [1.29, 1.82) is 0 Å². The molecule has 0 fully saturated rings. The van der Waals surface area contributed by atoms with Crippen LogP contribution in [0, 0.1) is 0 Å². The van der Waals surface area contributed by atoms with E-state index < -0.39 is 0 Å². The lowest BCUT2D eigenvalue weighted by molar-refractivity contribution is 0.0950. The van der Waals surface area contributed by atoms with Gasteiger partial charge in [-0.15, -0.1) is 10.2 Å². The number of hydrogen-bond acceptors (Lipinski definition) is 4. The molecule has 0 aliphatic heterocycles. The average Bonchev–Trinajstić information content (AvgIpc) is 3.12. The number of benzene rings is 2. The average molecular weight is 370 g/mol. The fraction of sp³-hybridized carbons (Fsp3) is 0.211. The van der Waals surface area contributed by atoms with Gasteiger partial charge in [0, 0.05) is 17.3 Å². The summed E-state index contributed by atoms with van der Waals surface area (Å²) in [6.45, 7) is 2.60. The molecule has 0 atom stereocenters. The topological polar surface area (TPSA) is 82.7 Å². The summed E-state index contributed by atoms with van der Waals surface area (Å²) in [5.74, 6) is 0.124. The van der Waals surface area contributed by atoms with Crippen LogP contribution in [0.4, 0.5) is 11.5 Å². The SMILES string of the molecule is CCc1ccc(Nc2n[nH]nc2C(=O)NCCc2ccc(Cl)cc2)cc1. The van der Waals surface area contributed by atoms with Crippen molar-refractivity contribution >= 4 is 29.0 Å².